The monoisotopic (exact) mass is 406 g/mol. The molecule has 1 heterocycles. The van der Waals surface area contributed by atoms with E-state index < -0.39 is 10.0 Å². The molecule has 3 aromatic carbocycles. The van der Waals surface area contributed by atoms with E-state index in [4.69, 9.17) is 0 Å². The molecule has 1 amide bonds. The fraction of sp³-hybridized carbons (Fsp3) is 0.174. The zero-order valence-corrected chi connectivity index (χ0v) is 17.2. The Balaban J connectivity index is 1.57. The van der Waals surface area contributed by atoms with Gasteiger partial charge in [-0.15, -0.1) is 0 Å². The topological polar surface area (TPSA) is 66.5 Å². The Morgan fingerprint density at radius 3 is 2.41 bits per heavy atom. The zero-order valence-electron chi connectivity index (χ0n) is 16.3. The van der Waals surface area contributed by atoms with Gasteiger partial charge in [0.05, 0.1) is 10.6 Å². The first-order valence-corrected chi connectivity index (χ1v) is 10.9. The van der Waals surface area contributed by atoms with Crippen molar-refractivity contribution in [3.63, 3.8) is 0 Å². The van der Waals surface area contributed by atoms with E-state index in [9.17, 15) is 13.2 Å². The highest BCUT2D eigenvalue weighted by Gasteiger charge is 2.25. The van der Waals surface area contributed by atoms with E-state index in [-0.39, 0.29) is 10.8 Å². The van der Waals surface area contributed by atoms with Crippen molar-refractivity contribution in [2.24, 2.45) is 0 Å². The summed E-state index contributed by atoms with van der Waals surface area (Å²) in [6, 6.07) is 19.6. The first kappa shape index (κ1) is 19.2. The minimum Gasteiger partial charge on any atom is -0.308 e. The number of carbonyl (C=O) groups excluding carboxylic acids is 1. The lowest BCUT2D eigenvalue weighted by Gasteiger charge is -2.18. The van der Waals surface area contributed by atoms with E-state index in [1.165, 1.54) is 5.56 Å². The Hall–Kier alpha value is -3.12. The van der Waals surface area contributed by atoms with Gasteiger partial charge in [0.15, 0.2) is 0 Å². The van der Waals surface area contributed by atoms with Crippen molar-refractivity contribution >= 4 is 27.3 Å². The summed E-state index contributed by atoms with van der Waals surface area (Å²) in [5.74, 6) is -0.0778. The average molecular weight is 407 g/mol. The number of nitrogens with zero attached hydrogens (tertiary/aromatic N) is 1. The van der Waals surface area contributed by atoms with Gasteiger partial charge in [0.25, 0.3) is 15.9 Å². The van der Waals surface area contributed by atoms with Gasteiger partial charge in [0.2, 0.25) is 0 Å². The highest BCUT2D eigenvalue weighted by atomic mass is 32.2. The molecule has 0 fully saturated rings. The number of sulfonamides is 1. The van der Waals surface area contributed by atoms with E-state index in [0.29, 0.717) is 23.4 Å². The van der Waals surface area contributed by atoms with Crippen molar-refractivity contribution in [2.45, 2.75) is 25.2 Å². The molecular formula is C23H22N2O3S. The third kappa shape index (κ3) is 3.76. The molecule has 0 radical (unpaired) electrons. The minimum atomic E-state index is -3.69. The number of rotatable bonds is 4. The van der Waals surface area contributed by atoms with Crippen molar-refractivity contribution in [3.05, 3.63) is 89.0 Å². The number of nitrogens with one attached hydrogen (secondary N) is 1. The van der Waals surface area contributed by atoms with Gasteiger partial charge in [0.1, 0.15) is 0 Å². The third-order valence-electron chi connectivity index (χ3n) is 5.18. The quantitative estimate of drug-likeness (QED) is 0.702. The number of benzene rings is 3. The minimum absolute atomic E-state index is 0.0778. The number of amides is 1. The SMILES string of the molecule is Cc1ccc(S(=O)(=O)Nc2ccc(C(=O)N3CCc4ccccc43)cc2C)cc1. The van der Waals surface area contributed by atoms with E-state index in [1.54, 1.807) is 54.3 Å². The molecule has 0 bridgehead atoms. The maximum absolute atomic E-state index is 13.0. The van der Waals surface area contributed by atoms with Crippen molar-refractivity contribution in [3.8, 4) is 0 Å². The molecule has 0 aliphatic carbocycles. The van der Waals surface area contributed by atoms with Crippen LogP contribution in [0, 0.1) is 13.8 Å². The van der Waals surface area contributed by atoms with Crippen LogP contribution in [0.3, 0.4) is 0 Å². The predicted molar refractivity (Wildman–Crippen MR) is 115 cm³/mol. The van der Waals surface area contributed by atoms with Crippen LogP contribution in [0.25, 0.3) is 0 Å². The van der Waals surface area contributed by atoms with E-state index in [2.05, 4.69) is 4.72 Å². The number of hydrogen-bond donors (Lipinski definition) is 1. The molecule has 0 saturated carbocycles. The normalized spacial score (nSPS) is 13.2. The Labute approximate surface area is 171 Å². The second kappa shape index (κ2) is 7.37. The summed E-state index contributed by atoms with van der Waals surface area (Å²) in [5.41, 5.74) is 4.80. The van der Waals surface area contributed by atoms with Crippen LogP contribution in [0.4, 0.5) is 11.4 Å². The molecule has 148 valence electrons. The maximum atomic E-state index is 13.0. The lowest BCUT2D eigenvalue weighted by molar-refractivity contribution is 0.0989. The van der Waals surface area contributed by atoms with Crippen LogP contribution in [-0.4, -0.2) is 20.9 Å². The average Bonchev–Trinajstić information content (AvgIpc) is 3.13. The lowest BCUT2D eigenvalue weighted by atomic mass is 10.1. The van der Waals surface area contributed by atoms with Crippen molar-refractivity contribution < 1.29 is 13.2 Å². The van der Waals surface area contributed by atoms with E-state index in [1.807, 2.05) is 31.2 Å². The fourth-order valence-electron chi connectivity index (χ4n) is 3.54. The van der Waals surface area contributed by atoms with Crippen LogP contribution in [0.1, 0.15) is 27.0 Å². The van der Waals surface area contributed by atoms with Crippen molar-refractivity contribution in [2.75, 3.05) is 16.2 Å². The van der Waals surface area contributed by atoms with Crippen LogP contribution in [-0.2, 0) is 16.4 Å². The highest BCUT2D eigenvalue weighted by Crippen LogP contribution is 2.30. The standard InChI is InChI=1S/C23H22N2O3S/c1-16-7-10-20(11-8-16)29(27,28)24-21-12-9-19(15-17(21)2)23(26)25-14-13-18-5-3-4-6-22(18)25/h3-12,15,24H,13-14H2,1-2H3. The van der Waals surface area contributed by atoms with Crippen LogP contribution in [0.2, 0.25) is 0 Å². The highest BCUT2D eigenvalue weighted by molar-refractivity contribution is 7.92. The summed E-state index contributed by atoms with van der Waals surface area (Å²) in [4.78, 5) is 15.0. The molecular weight excluding hydrogens is 384 g/mol. The molecule has 0 saturated heterocycles. The molecule has 0 atom stereocenters. The Kier molecular flexibility index (Phi) is 4.88. The number of aryl methyl sites for hydroxylation is 2. The molecule has 1 aliphatic heterocycles. The number of fused-ring (bicyclic) bond motifs is 1. The second-order valence-electron chi connectivity index (χ2n) is 7.28. The lowest BCUT2D eigenvalue weighted by Crippen LogP contribution is -2.29. The largest absolute Gasteiger partial charge is 0.308 e. The number of anilines is 2. The van der Waals surface area contributed by atoms with Crippen LogP contribution in [0.15, 0.2) is 71.6 Å². The fourth-order valence-corrected chi connectivity index (χ4v) is 4.67. The molecule has 1 aliphatic rings. The number of hydrogen-bond acceptors (Lipinski definition) is 3. The summed E-state index contributed by atoms with van der Waals surface area (Å²) < 4.78 is 27.9. The number of para-hydroxylation sites is 1. The first-order chi connectivity index (χ1) is 13.8. The summed E-state index contributed by atoms with van der Waals surface area (Å²) in [6.45, 7) is 4.35. The van der Waals surface area contributed by atoms with Gasteiger partial charge in [-0.2, -0.15) is 0 Å². The zero-order chi connectivity index (χ0) is 20.6. The predicted octanol–water partition coefficient (Wildman–Crippen LogP) is 4.31. The van der Waals surface area contributed by atoms with Gasteiger partial charge in [-0.25, -0.2) is 8.42 Å². The molecule has 0 aromatic heterocycles. The molecule has 0 unspecified atom stereocenters. The molecule has 4 rings (SSSR count). The second-order valence-corrected chi connectivity index (χ2v) is 8.97. The summed E-state index contributed by atoms with van der Waals surface area (Å²) in [5, 5.41) is 0. The van der Waals surface area contributed by atoms with Crippen LogP contribution in [0.5, 0.6) is 0 Å². The number of carbonyl (C=O) groups is 1. The third-order valence-corrected chi connectivity index (χ3v) is 6.56. The van der Waals surface area contributed by atoms with Crippen molar-refractivity contribution in [1.82, 2.24) is 0 Å². The van der Waals surface area contributed by atoms with E-state index in [0.717, 1.165) is 17.7 Å². The Bertz CT molecular complexity index is 1180. The summed E-state index contributed by atoms with van der Waals surface area (Å²) >= 11 is 0. The Morgan fingerprint density at radius 1 is 0.966 bits per heavy atom. The van der Waals surface area contributed by atoms with Crippen molar-refractivity contribution in [1.29, 1.82) is 0 Å². The van der Waals surface area contributed by atoms with Crippen LogP contribution >= 0.6 is 0 Å². The van der Waals surface area contributed by atoms with Gasteiger partial charge in [-0.05, 0) is 67.8 Å². The molecule has 6 heteroatoms. The molecule has 1 N–H and O–H groups in total. The van der Waals surface area contributed by atoms with Gasteiger partial charge < -0.3 is 4.90 Å². The first-order valence-electron chi connectivity index (χ1n) is 9.45. The Morgan fingerprint density at radius 2 is 1.69 bits per heavy atom. The van der Waals surface area contributed by atoms with Crippen LogP contribution < -0.4 is 9.62 Å². The van der Waals surface area contributed by atoms with Gasteiger partial charge in [-0.3, -0.25) is 9.52 Å². The molecule has 0 spiro atoms. The van der Waals surface area contributed by atoms with Gasteiger partial charge in [-0.1, -0.05) is 35.9 Å². The van der Waals surface area contributed by atoms with Gasteiger partial charge >= 0.3 is 0 Å². The molecule has 5 nitrogen and oxygen atoms in total. The maximum Gasteiger partial charge on any atom is 0.261 e. The summed E-state index contributed by atoms with van der Waals surface area (Å²) in [6.07, 6.45) is 0.843. The molecule has 29 heavy (non-hydrogen) atoms. The summed E-state index contributed by atoms with van der Waals surface area (Å²) in [7, 11) is -3.69. The smallest absolute Gasteiger partial charge is 0.261 e. The molecule has 3 aromatic rings. The van der Waals surface area contributed by atoms with Gasteiger partial charge in [0, 0.05) is 17.8 Å². The van der Waals surface area contributed by atoms with E-state index >= 15 is 0 Å².